The molecule has 0 spiro atoms. The predicted molar refractivity (Wildman–Crippen MR) is 144 cm³/mol. The molecule has 3 aromatic carbocycles. The average Bonchev–Trinajstić information content (AvgIpc) is 3.42. The number of ether oxygens (including phenoxy) is 4. The first kappa shape index (κ1) is 24.5. The van der Waals surface area contributed by atoms with Crippen LogP contribution in [0.25, 0.3) is 22.2 Å². The van der Waals surface area contributed by atoms with Crippen LogP contribution in [0.2, 0.25) is 0 Å². The van der Waals surface area contributed by atoms with Gasteiger partial charge >= 0.3 is 0 Å². The Morgan fingerprint density at radius 1 is 0.811 bits per heavy atom. The predicted octanol–water partition coefficient (Wildman–Crippen LogP) is 5.08. The highest BCUT2D eigenvalue weighted by Crippen LogP contribution is 2.46. The molecule has 0 radical (unpaired) electrons. The van der Waals surface area contributed by atoms with E-state index in [2.05, 4.69) is 21.1 Å². The molecule has 4 aromatic rings. The van der Waals surface area contributed by atoms with Gasteiger partial charge in [0.25, 0.3) is 0 Å². The van der Waals surface area contributed by atoms with Gasteiger partial charge in [-0.3, -0.25) is 0 Å². The second-order valence-electron chi connectivity index (χ2n) is 9.05. The van der Waals surface area contributed by atoms with E-state index >= 15 is 0 Å². The Labute approximate surface area is 216 Å². The lowest BCUT2D eigenvalue weighted by Crippen LogP contribution is -2.19. The van der Waals surface area contributed by atoms with Crippen molar-refractivity contribution in [2.75, 3.05) is 48.6 Å². The molecule has 8 heteroatoms. The first-order chi connectivity index (χ1) is 18.0. The van der Waals surface area contributed by atoms with Crippen LogP contribution in [-0.2, 0) is 11.4 Å². The van der Waals surface area contributed by atoms with E-state index in [1.807, 2.05) is 62.6 Å². The number of hydrogen-bond acceptors (Lipinski definition) is 7. The summed E-state index contributed by atoms with van der Waals surface area (Å²) < 4.78 is 22.4. The number of methoxy groups -OCH3 is 3. The molecule has 0 unspecified atom stereocenters. The number of H-pyrrole nitrogens is 1. The standard InChI is InChI=1S/C29H31N3O5/c1-32(2)12-13-36-20-10-11-24-23(14-20)27-28(30-24)21-15-25(34-4)26(35-5)16-22(21)29(27)31-37-17-18-6-8-19(33-3)9-7-18/h6-11,14-16,30H,12-13,17H2,1-5H3/b31-29-. The van der Waals surface area contributed by atoms with Crippen molar-refractivity contribution >= 4 is 16.6 Å². The summed E-state index contributed by atoms with van der Waals surface area (Å²) in [5.74, 6) is 2.89. The minimum Gasteiger partial charge on any atom is -0.497 e. The van der Waals surface area contributed by atoms with Crippen LogP contribution >= 0.6 is 0 Å². The van der Waals surface area contributed by atoms with Crippen molar-refractivity contribution in [1.29, 1.82) is 0 Å². The van der Waals surface area contributed by atoms with E-state index in [-0.39, 0.29) is 0 Å². The van der Waals surface area contributed by atoms with Crippen LogP contribution < -0.4 is 18.9 Å². The Morgan fingerprint density at radius 3 is 2.19 bits per heavy atom. The second kappa shape index (κ2) is 10.4. The Bertz CT molecular complexity index is 1440. The number of aromatic nitrogens is 1. The zero-order valence-electron chi connectivity index (χ0n) is 21.8. The Hall–Kier alpha value is -4.17. The SMILES string of the molecule is COc1ccc(CO/N=C2/c3cc(OC)c(OC)cc3-c3[nH]c4ccc(OCCN(C)C)cc4c32)cc1. The molecule has 0 fully saturated rings. The molecule has 0 aliphatic heterocycles. The first-order valence-electron chi connectivity index (χ1n) is 12.1. The number of benzene rings is 3. The topological polar surface area (TPSA) is 77.5 Å². The van der Waals surface area contributed by atoms with E-state index in [4.69, 9.17) is 23.8 Å². The van der Waals surface area contributed by atoms with E-state index in [1.54, 1.807) is 21.3 Å². The van der Waals surface area contributed by atoms with Crippen molar-refractivity contribution in [1.82, 2.24) is 9.88 Å². The maximum Gasteiger partial charge on any atom is 0.161 e. The second-order valence-corrected chi connectivity index (χ2v) is 9.05. The fraction of sp³-hybridized carbons (Fsp3) is 0.276. The lowest BCUT2D eigenvalue weighted by molar-refractivity contribution is 0.131. The summed E-state index contributed by atoms with van der Waals surface area (Å²) in [6, 6.07) is 17.7. The minimum atomic E-state index is 0.326. The van der Waals surface area contributed by atoms with Gasteiger partial charge in [-0.1, -0.05) is 17.3 Å². The van der Waals surface area contributed by atoms with E-state index in [0.29, 0.717) is 24.7 Å². The van der Waals surface area contributed by atoms with Gasteiger partial charge in [0.15, 0.2) is 11.5 Å². The molecular weight excluding hydrogens is 470 g/mol. The molecule has 0 saturated carbocycles. The molecule has 8 nitrogen and oxygen atoms in total. The number of likely N-dealkylation sites (N-methyl/N-ethyl adjacent to an activating group) is 1. The summed E-state index contributed by atoms with van der Waals surface area (Å²) in [5, 5.41) is 5.65. The molecule has 0 saturated heterocycles. The van der Waals surface area contributed by atoms with Gasteiger partial charge in [-0.15, -0.1) is 0 Å². The third-order valence-corrected chi connectivity index (χ3v) is 6.41. The fourth-order valence-corrected chi connectivity index (χ4v) is 4.46. The molecule has 1 aliphatic carbocycles. The Morgan fingerprint density at radius 2 is 1.51 bits per heavy atom. The zero-order valence-corrected chi connectivity index (χ0v) is 21.8. The lowest BCUT2D eigenvalue weighted by atomic mass is 10.1. The monoisotopic (exact) mass is 501 g/mol. The molecule has 0 atom stereocenters. The summed E-state index contributed by atoms with van der Waals surface area (Å²) in [5.41, 5.74) is 6.53. The zero-order chi connectivity index (χ0) is 25.9. The highest BCUT2D eigenvalue weighted by atomic mass is 16.6. The van der Waals surface area contributed by atoms with Gasteiger partial charge in [0.1, 0.15) is 30.4 Å². The van der Waals surface area contributed by atoms with Crippen molar-refractivity contribution in [2.24, 2.45) is 5.16 Å². The maximum atomic E-state index is 6.02. The summed E-state index contributed by atoms with van der Waals surface area (Å²) in [6.45, 7) is 1.76. The molecule has 37 heavy (non-hydrogen) atoms. The van der Waals surface area contributed by atoms with Crippen LogP contribution in [0.1, 0.15) is 16.7 Å². The van der Waals surface area contributed by atoms with Crippen LogP contribution in [0.15, 0.2) is 59.8 Å². The maximum absolute atomic E-state index is 6.02. The number of oxime groups is 1. The molecule has 5 rings (SSSR count). The van der Waals surface area contributed by atoms with Gasteiger partial charge in [0.2, 0.25) is 0 Å². The Balaban J connectivity index is 1.55. The smallest absolute Gasteiger partial charge is 0.161 e. The average molecular weight is 502 g/mol. The Kier molecular flexibility index (Phi) is 6.92. The van der Waals surface area contributed by atoms with E-state index in [0.717, 1.165) is 62.6 Å². The molecule has 1 heterocycles. The van der Waals surface area contributed by atoms with Gasteiger partial charge < -0.3 is 33.7 Å². The summed E-state index contributed by atoms with van der Waals surface area (Å²) in [4.78, 5) is 11.5. The number of hydrogen-bond donors (Lipinski definition) is 1. The third-order valence-electron chi connectivity index (χ3n) is 6.41. The number of rotatable bonds is 10. The highest BCUT2D eigenvalue weighted by molar-refractivity contribution is 6.30. The largest absolute Gasteiger partial charge is 0.497 e. The van der Waals surface area contributed by atoms with Crippen molar-refractivity contribution in [3.8, 4) is 34.3 Å². The molecule has 0 amide bonds. The number of fused-ring (bicyclic) bond motifs is 5. The molecule has 1 aromatic heterocycles. The van der Waals surface area contributed by atoms with Crippen LogP contribution in [0.3, 0.4) is 0 Å². The van der Waals surface area contributed by atoms with E-state index < -0.39 is 0 Å². The van der Waals surface area contributed by atoms with E-state index in [1.165, 1.54) is 0 Å². The molecule has 192 valence electrons. The summed E-state index contributed by atoms with van der Waals surface area (Å²) >= 11 is 0. The molecule has 1 N–H and O–H groups in total. The first-order valence-corrected chi connectivity index (χ1v) is 12.1. The number of aromatic amines is 1. The molecule has 1 aliphatic rings. The van der Waals surface area contributed by atoms with Gasteiger partial charge in [0.05, 0.1) is 27.0 Å². The molecular formula is C29H31N3O5. The van der Waals surface area contributed by atoms with Crippen LogP contribution in [-0.4, -0.2) is 64.2 Å². The quantitative estimate of drug-likeness (QED) is 0.269. The minimum absolute atomic E-state index is 0.326. The van der Waals surface area contributed by atoms with Gasteiger partial charge in [-0.2, -0.15) is 0 Å². The molecule has 0 bridgehead atoms. The fourth-order valence-electron chi connectivity index (χ4n) is 4.46. The van der Waals surface area contributed by atoms with Crippen molar-refractivity contribution < 1.29 is 23.8 Å². The van der Waals surface area contributed by atoms with Crippen LogP contribution in [0.4, 0.5) is 0 Å². The van der Waals surface area contributed by atoms with Gasteiger partial charge in [0, 0.05) is 34.1 Å². The number of nitrogens with zero attached hydrogens (tertiary/aromatic N) is 2. The van der Waals surface area contributed by atoms with Crippen LogP contribution in [0.5, 0.6) is 23.0 Å². The van der Waals surface area contributed by atoms with Gasteiger partial charge in [-0.25, -0.2) is 0 Å². The highest BCUT2D eigenvalue weighted by Gasteiger charge is 2.32. The third kappa shape index (κ3) is 4.80. The van der Waals surface area contributed by atoms with Crippen LogP contribution in [0, 0.1) is 0 Å². The lowest BCUT2D eigenvalue weighted by Gasteiger charge is -2.12. The van der Waals surface area contributed by atoms with Crippen molar-refractivity contribution in [2.45, 2.75) is 6.61 Å². The number of nitrogens with one attached hydrogen (secondary N) is 1. The van der Waals surface area contributed by atoms with Crippen molar-refractivity contribution in [3.63, 3.8) is 0 Å². The van der Waals surface area contributed by atoms with Gasteiger partial charge in [-0.05, 0) is 62.1 Å². The van der Waals surface area contributed by atoms with Crippen molar-refractivity contribution in [3.05, 3.63) is 71.3 Å². The summed E-state index contributed by atoms with van der Waals surface area (Å²) in [7, 11) is 8.97. The van der Waals surface area contributed by atoms with E-state index in [9.17, 15) is 0 Å². The normalized spacial score (nSPS) is 13.1. The summed E-state index contributed by atoms with van der Waals surface area (Å²) in [6.07, 6.45) is 0.